The topological polar surface area (TPSA) is 121 Å². The molecule has 38 heavy (non-hydrogen) atoms. The SMILES string of the molecule is NC(=O)c1sc2nc(C(F)(F)F)cc(-c3ccco3)c2c1NC(=O)c1ccc(COc2cccc(Cl)c2)o1. The summed E-state index contributed by atoms with van der Waals surface area (Å²) in [5.74, 6) is -0.988. The molecule has 0 aliphatic heterocycles. The quantitative estimate of drug-likeness (QED) is 0.227. The molecule has 4 aromatic heterocycles. The van der Waals surface area contributed by atoms with Crippen LogP contribution in [0.5, 0.6) is 5.75 Å². The van der Waals surface area contributed by atoms with E-state index in [2.05, 4.69) is 10.3 Å². The Kier molecular flexibility index (Phi) is 6.59. The highest BCUT2D eigenvalue weighted by atomic mass is 35.5. The number of nitrogens with two attached hydrogens (primary N) is 1. The van der Waals surface area contributed by atoms with Crippen LogP contribution in [0, 0.1) is 0 Å². The monoisotopic (exact) mass is 561 g/mol. The summed E-state index contributed by atoms with van der Waals surface area (Å²) in [7, 11) is 0. The summed E-state index contributed by atoms with van der Waals surface area (Å²) in [6.45, 7) is -0.00563. The molecule has 0 fully saturated rings. The van der Waals surface area contributed by atoms with Crippen molar-refractivity contribution in [3.63, 3.8) is 0 Å². The molecule has 0 spiro atoms. The van der Waals surface area contributed by atoms with Gasteiger partial charge in [0.25, 0.3) is 11.8 Å². The van der Waals surface area contributed by atoms with E-state index in [9.17, 15) is 22.8 Å². The van der Waals surface area contributed by atoms with Crippen LogP contribution in [-0.2, 0) is 12.8 Å². The standard InChI is InChI=1S/C25H15ClF3N3O5S/c26-12-3-1-4-13(9-12)36-11-14-6-7-17(37-14)23(34)32-20-19-15(16-5-2-8-35-16)10-18(25(27,28)29)31-24(19)38-21(20)22(30)33/h1-10H,11H2,(H2,30,33)(H,32,34). The number of carbonyl (C=O) groups excluding carboxylic acids is 2. The van der Waals surface area contributed by atoms with Gasteiger partial charge in [0.05, 0.1) is 12.0 Å². The third-order valence-corrected chi connectivity index (χ3v) is 6.60. The van der Waals surface area contributed by atoms with E-state index in [0.29, 0.717) is 27.9 Å². The molecular formula is C25H15ClF3N3O5S. The average Bonchev–Trinajstić information content (AvgIpc) is 3.62. The molecule has 5 aromatic rings. The van der Waals surface area contributed by atoms with Gasteiger partial charge in [0.2, 0.25) is 0 Å². The van der Waals surface area contributed by atoms with Gasteiger partial charge < -0.3 is 24.6 Å². The molecular weight excluding hydrogens is 547 g/mol. The fourth-order valence-electron chi connectivity index (χ4n) is 3.63. The molecule has 2 amide bonds. The first-order valence-corrected chi connectivity index (χ1v) is 12.0. The smallest absolute Gasteiger partial charge is 0.433 e. The summed E-state index contributed by atoms with van der Waals surface area (Å²) in [6.07, 6.45) is -3.49. The van der Waals surface area contributed by atoms with Crippen LogP contribution >= 0.6 is 22.9 Å². The minimum Gasteiger partial charge on any atom is -0.486 e. The van der Waals surface area contributed by atoms with Crippen molar-refractivity contribution in [1.82, 2.24) is 4.98 Å². The summed E-state index contributed by atoms with van der Waals surface area (Å²) in [6, 6.07) is 13.3. The fourth-order valence-corrected chi connectivity index (χ4v) is 4.81. The number of benzene rings is 1. The van der Waals surface area contributed by atoms with Crippen molar-refractivity contribution in [2.24, 2.45) is 5.73 Å². The number of furan rings is 2. The van der Waals surface area contributed by atoms with E-state index in [4.69, 9.17) is 30.9 Å². The van der Waals surface area contributed by atoms with Gasteiger partial charge in [0, 0.05) is 16.0 Å². The second-order valence-corrected chi connectivity index (χ2v) is 9.28. The molecule has 0 saturated carbocycles. The molecule has 0 atom stereocenters. The van der Waals surface area contributed by atoms with E-state index in [-0.39, 0.29) is 44.5 Å². The third-order valence-electron chi connectivity index (χ3n) is 5.26. The maximum absolute atomic E-state index is 13.5. The summed E-state index contributed by atoms with van der Waals surface area (Å²) in [5.41, 5.74) is 4.17. The number of rotatable bonds is 7. The van der Waals surface area contributed by atoms with E-state index in [1.807, 2.05) is 0 Å². The molecule has 0 aliphatic rings. The predicted molar refractivity (Wildman–Crippen MR) is 133 cm³/mol. The Labute approximate surface area is 220 Å². The van der Waals surface area contributed by atoms with E-state index in [1.165, 1.54) is 30.5 Å². The number of hydrogen-bond acceptors (Lipinski definition) is 7. The lowest BCUT2D eigenvalue weighted by Crippen LogP contribution is -2.16. The van der Waals surface area contributed by atoms with Crippen molar-refractivity contribution in [1.29, 1.82) is 0 Å². The maximum Gasteiger partial charge on any atom is 0.433 e. The second-order valence-electron chi connectivity index (χ2n) is 7.85. The summed E-state index contributed by atoms with van der Waals surface area (Å²) >= 11 is 6.56. The molecule has 0 bridgehead atoms. The first-order valence-electron chi connectivity index (χ1n) is 10.8. The number of nitrogens with one attached hydrogen (secondary N) is 1. The number of fused-ring (bicyclic) bond motifs is 1. The normalized spacial score (nSPS) is 11.6. The minimum atomic E-state index is -4.77. The number of hydrogen-bond donors (Lipinski definition) is 2. The molecule has 5 rings (SSSR count). The molecule has 1 aromatic carbocycles. The highest BCUT2D eigenvalue weighted by Crippen LogP contribution is 2.43. The van der Waals surface area contributed by atoms with Gasteiger partial charge >= 0.3 is 6.18 Å². The van der Waals surface area contributed by atoms with Crippen molar-refractivity contribution in [2.75, 3.05) is 5.32 Å². The number of thiophene rings is 1. The molecule has 8 nitrogen and oxygen atoms in total. The average molecular weight is 562 g/mol. The zero-order valence-electron chi connectivity index (χ0n) is 19.0. The van der Waals surface area contributed by atoms with E-state index < -0.39 is 23.7 Å². The van der Waals surface area contributed by atoms with Gasteiger partial charge in [-0.15, -0.1) is 11.3 Å². The predicted octanol–water partition coefficient (Wildman–Crippen LogP) is 6.75. The van der Waals surface area contributed by atoms with Crippen LogP contribution in [0.25, 0.3) is 21.5 Å². The number of aromatic nitrogens is 1. The number of amides is 2. The van der Waals surface area contributed by atoms with Gasteiger partial charge in [-0.2, -0.15) is 13.2 Å². The van der Waals surface area contributed by atoms with Crippen LogP contribution in [0.1, 0.15) is 31.7 Å². The Balaban J connectivity index is 1.49. The Morgan fingerprint density at radius 2 is 1.95 bits per heavy atom. The van der Waals surface area contributed by atoms with Crippen LogP contribution in [0.4, 0.5) is 18.9 Å². The number of alkyl halides is 3. The number of anilines is 1. The second kappa shape index (κ2) is 9.88. The molecule has 0 unspecified atom stereocenters. The summed E-state index contributed by atoms with van der Waals surface area (Å²) in [4.78, 5) is 28.6. The molecule has 194 valence electrons. The summed E-state index contributed by atoms with van der Waals surface area (Å²) in [5, 5.41) is 3.09. The van der Waals surface area contributed by atoms with Crippen molar-refractivity contribution in [3.8, 4) is 17.1 Å². The lowest BCUT2D eigenvalue weighted by Gasteiger charge is -2.10. The molecule has 13 heteroatoms. The fraction of sp³-hybridized carbons (Fsp3) is 0.0800. The van der Waals surface area contributed by atoms with Crippen LogP contribution in [-0.4, -0.2) is 16.8 Å². The number of primary amides is 1. The largest absolute Gasteiger partial charge is 0.486 e. The molecule has 0 saturated heterocycles. The van der Waals surface area contributed by atoms with Gasteiger partial charge in [0.1, 0.15) is 39.3 Å². The highest BCUT2D eigenvalue weighted by molar-refractivity contribution is 7.21. The number of halogens is 4. The zero-order chi connectivity index (χ0) is 27.0. The van der Waals surface area contributed by atoms with Crippen LogP contribution in [0.3, 0.4) is 0 Å². The van der Waals surface area contributed by atoms with Crippen molar-refractivity contribution in [2.45, 2.75) is 12.8 Å². The van der Waals surface area contributed by atoms with Gasteiger partial charge in [-0.3, -0.25) is 9.59 Å². The molecule has 0 aliphatic carbocycles. The Hall–Kier alpha value is -4.29. The van der Waals surface area contributed by atoms with Gasteiger partial charge in [0.15, 0.2) is 5.76 Å². The highest BCUT2D eigenvalue weighted by Gasteiger charge is 2.35. The number of carbonyl (C=O) groups is 2. The zero-order valence-corrected chi connectivity index (χ0v) is 20.5. The van der Waals surface area contributed by atoms with Crippen LogP contribution in [0.2, 0.25) is 5.02 Å². The first-order chi connectivity index (χ1) is 18.1. The lowest BCUT2D eigenvalue weighted by atomic mass is 10.1. The van der Waals surface area contributed by atoms with E-state index in [0.717, 1.165) is 6.07 Å². The van der Waals surface area contributed by atoms with Gasteiger partial charge in [-0.1, -0.05) is 17.7 Å². The van der Waals surface area contributed by atoms with E-state index in [1.54, 1.807) is 24.3 Å². The summed E-state index contributed by atoms with van der Waals surface area (Å²) < 4.78 is 57.1. The number of ether oxygens (including phenoxy) is 1. The van der Waals surface area contributed by atoms with Crippen LogP contribution < -0.4 is 15.8 Å². The Morgan fingerprint density at radius 3 is 2.63 bits per heavy atom. The maximum atomic E-state index is 13.5. The third kappa shape index (κ3) is 5.08. The van der Waals surface area contributed by atoms with Crippen molar-refractivity contribution < 1.29 is 36.3 Å². The molecule has 0 radical (unpaired) electrons. The van der Waals surface area contributed by atoms with Gasteiger partial charge in [-0.25, -0.2) is 4.98 Å². The first kappa shape index (κ1) is 25.4. The Morgan fingerprint density at radius 1 is 1.13 bits per heavy atom. The number of pyridine rings is 1. The van der Waals surface area contributed by atoms with E-state index >= 15 is 0 Å². The lowest BCUT2D eigenvalue weighted by molar-refractivity contribution is -0.140. The van der Waals surface area contributed by atoms with Crippen LogP contribution in [0.15, 0.2) is 69.7 Å². The van der Waals surface area contributed by atoms with Crippen molar-refractivity contribution in [3.05, 3.63) is 88.0 Å². The van der Waals surface area contributed by atoms with Crippen molar-refractivity contribution >= 4 is 50.7 Å². The van der Waals surface area contributed by atoms with Gasteiger partial charge in [-0.05, 0) is 48.5 Å². The molecule has 4 heterocycles. The molecule has 3 N–H and O–H groups in total. The minimum absolute atomic E-state index is 0.00563. The number of nitrogens with zero attached hydrogens (tertiary/aromatic N) is 1. The Bertz CT molecular complexity index is 1660.